The van der Waals surface area contributed by atoms with Gasteiger partial charge in [0.25, 0.3) is 11.8 Å². The molecule has 178 valence electrons. The summed E-state index contributed by atoms with van der Waals surface area (Å²) < 4.78 is 13.6. The first-order valence-corrected chi connectivity index (χ1v) is 11.4. The first kappa shape index (κ1) is 24.3. The van der Waals surface area contributed by atoms with Crippen molar-refractivity contribution in [1.29, 1.82) is 0 Å². The zero-order chi connectivity index (χ0) is 24.9. The Morgan fingerprint density at radius 3 is 2.43 bits per heavy atom. The number of hydrogen-bond acceptors (Lipinski definition) is 4. The molecule has 1 aliphatic heterocycles. The van der Waals surface area contributed by atoms with Crippen molar-refractivity contribution in [3.05, 3.63) is 101 Å². The van der Waals surface area contributed by atoms with Gasteiger partial charge in [-0.2, -0.15) is 0 Å². The number of benzene rings is 3. The fraction of sp³-hybridized carbons (Fsp3) is 0.120. The number of amides is 3. The van der Waals surface area contributed by atoms with Crippen LogP contribution in [0.4, 0.5) is 10.1 Å². The van der Waals surface area contributed by atoms with Crippen LogP contribution in [0.2, 0.25) is 5.02 Å². The average molecular weight is 511 g/mol. The van der Waals surface area contributed by atoms with E-state index in [0.717, 1.165) is 11.6 Å². The molecule has 1 saturated heterocycles. The molecule has 0 saturated carbocycles. The number of carbonyl (C=O) groups is 3. The summed E-state index contributed by atoms with van der Waals surface area (Å²) in [5.74, 6) is -2.20. The number of rotatable bonds is 7. The van der Waals surface area contributed by atoms with E-state index in [-0.39, 0.29) is 23.6 Å². The molecule has 3 aromatic carbocycles. The number of hydrazine groups is 1. The lowest BCUT2D eigenvalue weighted by atomic mass is 10.1. The summed E-state index contributed by atoms with van der Waals surface area (Å²) in [4.78, 5) is 40.3. The summed E-state index contributed by atoms with van der Waals surface area (Å²) in [5.41, 5.74) is 3.82. The highest BCUT2D eigenvalue weighted by molar-refractivity contribution is 7.80. The van der Waals surface area contributed by atoms with E-state index >= 15 is 0 Å². The number of thiocarbonyl (C=S) groups is 1. The van der Waals surface area contributed by atoms with Gasteiger partial charge in [-0.25, -0.2) is 9.40 Å². The lowest BCUT2D eigenvalue weighted by molar-refractivity contribution is -0.131. The minimum atomic E-state index is -1.11. The Balaban J connectivity index is 1.57. The molecule has 1 aliphatic rings. The Labute approximate surface area is 211 Å². The van der Waals surface area contributed by atoms with Crippen LogP contribution in [0.1, 0.15) is 22.3 Å². The van der Waals surface area contributed by atoms with Crippen LogP contribution >= 0.6 is 23.8 Å². The molecule has 1 heterocycles. The van der Waals surface area contributed by atoms with Crippen LogP contribution in [-0.2, 0) is 16.1 Å². The fourth-order valence-electron chi connectivity index (χ4n) is 3.61. The summed E-state index contributed by atoms with van der Waals surface area (Å²) in [6.45, 7) is 0.160. The minimum absolute atomic E-state index is 0.0270. The molecule has 7 nitrogen and oxygen atoms in total. The zero-order valence-electron chi connectivity index (χ0n) is 18.3. The standard InChI is InChI=1S/C25H20ClFN4O3S/c26-19-11-4-5-12-20(19)28-22(32)14-21-24(34)30(15-16-7-2-1-3-8-16)25(35)31(21)29-23(33)17-9-6-10-18(27)13-17/h1-13,21H,14-15H2,(H,28,32)(H,29,33). The first-order valence-electron chi connectivity index (χ1n) is 10.6. The maximum atomic E-state index is 13.6. The molecule has 0 bridgehead atoms. The molecular formula is C25H20ClFN4O3S. The highest BCUT2D eigenvalue weighted by Crippen LogP contribution is 2.24. The van der Waals surface area contributed by atoms with Crippen molar-refractivity contribution in [3.8, 4) is 0 Å². The quantitative estimate of drug-likeness (QED) is 0.467. The second-order valence-corrected chi connectivity index (χ2v) is 8.53. The summed E-state index contributed by atoms with van der Waals surface area (Å²) in [6.07, 6.45) is -0.307. The molecule has 0 spiro atoms. The van der Waals surface area contributed by atoms with Crippen molar-refractivity contribution >= 4 is 52.3 Å². The van der Waals surface area contributed by atoms with Crippen LogP contribution < -0.4 is 10.7 Å². The maximum Gasteiger partial charge on any atom is 0.269 e. The lowest BCUT2D eigenvalue weighted by Crippen LogP contribution is -2.49. The van der Waals surface area contributed by atoms with E-state index in [9.17, 15) is 18.8 Å². The van der Waals surface area contributed by atoms with E-state index in [2.05, 4.69) is 10.7 Å². The molecule has 1 atom stereocenters. The van der Waals surface area contributed by atoms with Crippen molar-refractivity contribution in [2.45, 2.75) is 19.0 Å². The van der Waals surface area contributed by atoms with E-state index in [1.165, 1.54) is 28.1 Å². The highest BCUT2D eigenvalue weighted by Gasteiger charge is 2.44. The van der Waals surface area contributed by atoms with Gasteiger partial charge >= 0.3 is 0 Å². The SMILES string of the molecule is O=C(CC1C(=O)N(Cc2ccccc2)C(=S)N1NC(=O)c1cccc(F)c1)Nc1ccccc1Cl. The van der Waals surface area contributed by atoms with Crippen LogP contribution in [0, 0.1) is 5.82 Å². The Hall–Kier alpha value is -3.82. The van der Waals surface area contributed by atoms with Gasteiger partial charge in [0.2, 0.25) is 5.91 Å². The second-order valence-electron chi connectivity index (χ2n) is 7.76. The van der Waals surface area contributed by atoms with Crippen LogP contribution in [-0.4, -0.2) is 38.8 Å². The number of anilines is 1. The predicted molar refractivity (Wildman–Crippen MR) is 134 cm³/mol. The Morgan fingerprint density at radius 2 is 1.71 bits per heavy atom. The van der Waals surface area contributed by atoms with Gasteiger partial charge in [0.15, 0.2) is 5.11 Å². The van der Waals surface area contributed by atoms with Crippen LogP contribution in [0.5, 0.6) is 0 Å². The van der Waals surface area contributed by atoms with Crippen molar-refractivity contribution in [2.24, 2.45) is 0 Å². The minimum Gasteiger partial charge on any atom is -0.325 e. The number of halogens is 2. The van der Waals surface area contributed by atoms with Crippen molar-refractivity contribution < 1.29 is 18.8 Å². The Morgan fingerprint density at radius 1 is 1.00 bits per heavy atom. The van der Waals surface area contributed by atoms with Gasteiger partial charge in [-0.15, -0.1) is 0 Å². The summed E-state index contributed by atoms with van der Waals surface area (Å²) >= 11 is 11.6. The summed E-state index contributed by atoms with van der Waals surface area (Å²) in [7, 11) is 0. The molecule has 0 aromatic heterocycles. The average Bonchev–Trinajstić information content (AvgIpc) is 3.05. The van der Waals surface area contributed by atoms with Gasteiger partial charge in [-0.05, 0) is 48.1 Å². The van der Waals surface area contributed by atoms with Gasteiger partial charge in [0.1, 0.15) is 11.9 Å². The molecular weight excluding hydrogens is 491 g/mol. The molecule has 4 rings (SSSR count). The Bertz CT molecular complexity index is 1290. The van der Waals surface area contributed by atoms with Crippen molar-refractivity contribution in [1.82, 2.24) is 15.3 Å². The number of nitrogens with one attached hydrogen (secondary N) is 2. The van der Waals surface area contributed by atoms with Crippen LogP contribution in [0.25, 0.3) is 0 Å². The Kier molecular flexibility index (Phi) is 7.38. The van der Waals surface area contributed by atoms with Gasteiger partial charge in [-0.1, -0.05) is 60.1 Å². The third-order valence-electron chi connectivity index (χ3n) is 5.32. The number of nitrogens with zero attached hydrogens (tertiary/aromatic N) is 2. The molecule has 3 amide bonds. The van der Waals surface area contributed by atoms with Crippen LogP contribution in [0.15, 0.2) is 78.9 Å². The molecule has 3 aromatic rings. The van der Waals surface area contributed by atoms with Gasteiger partial charge < -0.3 is 5.32 Å². The molecule has 1 unspecified atom stereocenters. The molecule has 2 N–H and O–H groups in total. The van der Waals surface area contributed by atoms with Gasteiger partial charge in [0, 0.05) is 5.56 Å². The monoisotopic (exact) mass is 510 g/mol. The second kappa shape index (κ2) is 10.6. The van der Waals surface area contributed by atoms with Gasteiger partial charge in [-0.3, -0.25) is 24.7 Å². The van der Waals surface area contributed by atoms with Gasteiger partial charge in [0.05, 0.1) is 23.7 Å². The summed E-state index contributed by atoms with van der Waals surface area (Å²) in [5, 5.41) is 4.23. The molecule has 0 aliphatic carbocycles. The van der Waals surface area contributed by atoms with Crippen molar-refractivity contribution in [3.63, 3.8) is 0 Å². The first-order chi connectivity index (χ1) is 16.8. The molecule has 1 fully saturated rings. The van der Waals surface area contributed by atoms with E-state index in [4.69, 9.17) is 23.8 Å². The number of carbonyl (C=O) groups excluding carboxylic acids is 3. The lowest BCUT2D eigenvalue weighted by Gasteiger charge is -2.24. The smallest absolute Gasteiger partial charge is 0.269 e. The predicted octanol–water partition coefficient (Wildman–Crippen LogP) is 4.15. The molecule has 35 heavy (non-hydrogen) atoms. The molecule has 0 radical (unpaired) electrons. The zero-order valence-corrected chi connectivity index (χ0v) is 19.9. The van der Waals surface area contributed by atoms with E-state index < -0.39 is 29.6 Å². The largest absolute Gasteiger partial charge is 0.325 e. The van der Waals surface area contributed by atoms with E-state index in [1.54, 1.807) is 24.3 Å². The van der Waals surface area contributed by atoms with Crippen LogP contribution in [0.3, 0.4) is 0 Å². The number of hydrogen-bond donors (Lipinski definition) is 2. The highest BCUT2D eigenvalue weighted by atomic mass is 35.5. The van der Waals surface area contributed by atoms with E-state index in [0.29, 0.717) is 10.7 Å². The maximum absolute atomic E-state index is 13.6. The third-order valence-corrected chi connectivity index (χ3v) is 6.07. The van der Waals surface area contributed by atoms with Crippen molar-refractivity contribution in [2.75, 3.05) is 5.32 Å². The normalized spacial score (nSPS) is 15.3. The number of para-hydroxylation sites is 1. The molecule has 10 heteroatoms. The topological polar surface area (TPSA) is 81.8 Å². The van der Waals surface area contributed by atoms with E-state index in [1.807, 2.05) is 30.3 Å². The fourth-order valence-corrected chi connectivity index (χ4v) is 4.12. The summed E-state index contributed by atoms with van der Waals surface area (Å²) in [6, 6.07) is 19.9. The third kappa shape index (κ3) is 5.64.